The third kappa shape index (κ3) is 2.91. The van der Waals surface area contributed by atoms with Gasteiger partial charge in [-0.1, -0.05) is 19.1 Å². The number of carbonyl (C=O) groups excluding carboxylic acids is 1. The largest absolute Gasteiger partial charge is 0.367 e. The first-order chi connectivity index (χ1) is 8.09. The number of rotatable bonds is 7. The second-order valence-electron chi connectivity index (χ2n) is 4.19. The van der Waals surface area contributed by atoms with Crippen molar-refractivity contribution in [2.75, 3.05) is 6.61 Å². The van der Waals surface area contributed by atoms with Crippen LogP contribution in [-0.2, 0) is 11.3 Å². The van der Waals surface area contributed by atoms with Crippen LogP contribution in [0.5, 0.6) is 0 Å². The number of hydrogen-bond acceptors (Lipinski definition) is 4. The van der Waals surface area contributed by atoms with Crippen molar-refractivity contribution in [3.05, 3.63) is 11.9 Å². The van der Waals surface area contributed by atoms with Crippen LogP contribution in [0.4, 0.5) is 0 Å². The molecule has 1 rings (SSSR count). The van der Waals surface area contributed by atoms with Crippen molar-refractivity contribution in [3.63, 3.8) is 0 Å². The normalized spacial score (nSPS) is 14.6. The van der Waals surface area contributed by atoms with Crippen LogP contribution in [0.3, 0.4) is 0 Å². The fourth-order valence-electron chi connectivity index (χ4n) is 1.73. The Morgan fingerprint density at radius 3 is 2.71 bits per heavy atom. The summed E-state index contributed by atoms with van der Waals surface area (Å²) in [5.41, 5.74) is -0.244. The van der Waals surface area contributed by atoms with Gasteiger partial charge in [0.25, 0.3) is 0 Å². The maximum absolute atomic E-state index is 12.4. The second kappa shape index (κ2) is 5.91. The van der Waals surface area contributed by atoms with Gasteiger partial charge >= 0.3 is 0 Å². The highest BCUT2D eigenvalue weighted by Gasteiger charge is 2.34. The monoisotopic (exact) mass is 239 g/mol. The van der Waals surface area contributed by atoms with Crippen LogP contribution in [0, 0.1) is 0 Å². The molecule has 1 unspecified atom stereocenters. The zero-order valence-corrected chi connectivity index (χ0v) is 11.1. The van der Waals surface area contributed by atoms with Gasteiger partial charge in [0, 0.05) is 13.2 Å². The zero-order valence-electron chi connectivity index (χ0n) is 11.1. The van der Waals surface area contributed by atoms with E-state index in [4.69, 9.17) is 4.74 Å². The summed E-state index contributed by atoms with van der Waals surface area (Å²) in [6.45, 7) is 8.92. The molecule has 1 atom stereocenters. The van der Waals surface area contributed by atoms with E-state index in [1.807, 2.05) is 27.7 Å². The molecule has 0 aliphatic heterocycles. The standard InChI is InChI=1S/C12H21N3O2/c1-5-8-15-10(9-13-14-15)11(16)12(4,6-2)17-7-3/h9H,5-8H2,1-4H3. The minimum absolute atomic E-state index is 0.0414. The summed E-state index contributed by atoms with van der Waals surface area (Å²) in [4.78, 5) is 12.4. The summed E-state index contributed by atoms with van der Waals surface area (Å²) in [7, 11) is 0. The number of ketones is 1. The lowest BCUT2D eigenvalue weighted by atomic mass is 9.95. The van der Waals surface area contributed by atoms with Crippen molar-refractivity contribution in [1.82, 2.24) is 15.0 Å². The second-order valence-corrected chi connectivity index (χ2v) is 4.19. The van der Waals surface area contributed by atoms with Crippen LogP contribution < -0.4 is 0 Å². The van der Waals surface area contributed by atoms with Gasteiger partial charge in [0.05, 0.1) is 6.20 Å². The maximum atomic E-state index is 12.4. The van der Waals surface area contributed by atoms with Crippen LogP contribution in [0.25, 0.3) is 0 Å². The molecule has 0 aliphatic carbocycles. The summed E-state index contributed by atoms with van der Waals surface area (Å²) in [5, 5.41) is 7.73. The molecular weight excluding hydrogens is 218 g/mol. The molecule has 0 spiro atoms. The fourth-order valence-corrected chi connectivity index (χ4v) is 1.73. The summed E-state index contributed by atoms with van der Waals surface area (Å²) in [6, 6.07) is 0. The Morgan fingerprint density at radius 1 is 1.47 bits per heavy atom. The molecule has 5 nitrogen and oxygen atoms in total. The number of aromatic nitrogens is 3. The number of Topliss-reactive ketones (excluding diaryl/α,β-unsaturated/α-hetero) is 1. The molecule has 0 aromatic carbocycles. The first kappa shape index (κ1) is 13.8. The van der Waals surface area contributed by atoms with Gasteiger partial charge in [-0.15, -0.1) is 5.10 Å². The molecule has 0 aliphatic rings. The zero-order chi connectivity index (χ0) is 12.9. The molecule has 0 N–H and O–H groups in total. The van der Waals surface area contributed by atoms with E-state index in [9.17, 15) is 4.79 Å². The van der Waals surface area contributed by atoms with Crippen LogP contribution in [0.15, 0.2) is 6.20 Å². The molecule has 0 bridgehead atoms. The maximum Gasteiger partial charge on any atom is 0.213 e. The summed E-state index contributed by atoms with van der Waals surface area (Å²) >= 11 is 0. The quantitative estimate of drug-likeness (QED) is 0.683. The Kier molecular flexibility index (Phi) is 4.81. The minimum Gasteiger partial charge on any atom is -0.367 e. The summed E-state index contributed by atoms with van der Waals surface area (Å²) in [6.07, 6.45) is 3.07. The van der Waals surface area contributed by atoms with E-state index in [1.165, 1.54) is 6.20 Å². The Balaban J connectivity index is 2.97. The highest BCUT2D eigenvalue weighted by atomic mass is 16.5. The van der Waals surface area contributed by atoms with Gasteiger partial charge in [0.15, 0.2) is 0 Å². The van der Waals surface area contributed by atoms with E-state index >= 15 is 0 Å². The predicted octanol–water partition coefficient (Wildman–Crippen LogP) is 2.08. The Labute approximate surface area is 102 Å². The van der Waals surface area contributed by atoms with E-state index in [0.717, 1.165) is 6.42 Å². The van der Waals surface area contributed by atoms with Gasteiger partial charge in [0.2, 0.25) is 5.78 Å². The smallest absolute Gasteiger partial charge is 0.213 e. The van der Waals surface area contributed by atoms with Gasteiger partial charge in [-0.05, 0) is 26.7 Å². The van der Waals surface area contributed by atoms with Crippen LogP contribution in [0.1, 0.15) is 51.0 Å². The van der Waals surface area contributed by atoms with Gasteiger partial charge in [-0.25, -0.2) is 4.68 Å². The van der Waals surface area contributed by atoms with Gasteiger partial charge in [-0.2, -0.15) is 0 Å². The molecule has 5 heteroatoms. The van der Waals surface area contributed by atoms with E-state index in [2.05, 4.69) is 10.3 Å². The molecule has 0 radical (unpaired) electrons. The molecule has 1 aromatic heterocycles. The molecule has 0 saturated heterocycles. The number of carbonyl (C=O) groups is 1. The lowest BCUT2D eigenvalue weighted by Crippen LogP contribution is -2.39. The average molecular weight is 239 g/mol. The molecule has 1 aromatic rings. The number of aryl methyl sites for hydroxylation is 1. The summed E-state index contributed by atoms with van der Waals surface area (Å²) in [5.74, 6) is -0.0414. The van der Waals surface area contributed by atoms with Gasteiger partial charge in [0.1, 0.15) is 11.3 Å². The van der Waals surface area contributed by atoms with Crippen molar-refractivity contribution in [2.45, 2.75) is 52.7 Å². The lowest BCUT2D eigenvalue weighted by Gasteiger charge is -2.26. The highest BCUT2D eigenvalue weighted by molar-refractivity contribution is 6.00. The van der Waals surface area contributed by atoms with E-state index in [-0.39, 0.29) is 5.78 Å². The predicted molar refractivity (Wildman–Crippen MR) is 65.0 cm³/mol. The fraction of sp³-hybridized carbons (Fsp3) is 0.750. The van der Waals surface area contributed by atoms with Gasteiger partial charge < -0.3 is 4.74 Å². The van der Waals surface area contributed by atoms with Crippen molar-refractivity contribution in [2.24, 2.45) is 0 Å². The van der Waals surface area contributed by atoms with Crippen LogP contribution in [0.2, 0.25) is 0 Å². The minimum atomic E-state index is -0.776. The average Bonchev–Trinajstić information content (AvgIpc) is 2.77. The van der Waals surface area contributed by atoms with Crippen LogP contribution in [-0.4, -0.2) is 33.0 Å². The first-order valence-electron chi connectivity index (χ1n) is 6.16. The van der Waals surface area contributed by atoms with Gasteiger partial charge in [-0.3, -0.25) is 4.79 Å². The summed E-state index contributed by atoms with van der Waals surface area (Å²) < 4.78 is 7.23. The Bertz CT molecular complexity index is 376. The van der Waals surface area contributed by atoms with Crippen LogP contribution >= 0.6 is 0 Å². The topological polar surface area (TPSA) is 57.0 Å². The van der Waals surface area contributed by atoms with E-state index < -0.39 is 5.60 Å². The molecular formula is C12H21N3O2. The highest BCUT2D eigenvalue weighted by Crippen LogP contribution is 2.21. The van der Waals surface area contributed by atoms with Crippen molar-refractivity contribution in [1.29, 1.82) is 0 Å². The molecule has 96 valence electrons. The SMILES string of the molecule is CCCn1nncc1C(=O)C(C)(CC)OCC. The lowest BCUT2D eigenvalue weighted by molar-refractivity contribution is -0.0123. The Hall–Kier alpha value is -1.23. The first-order valence-corrected chi connectivity index (χ1v) is 6.16. The third-order valence-corrected chi connectivity index (χ3v) is 2.90. The van der Waals surface area contributed by atoms with E-state index in [0.29, 0.717) is 25.3 Å². The van der Waals surface area contributed by atoms with Crippen molar-refractivity contribution >= 4 is 5.78 Å². The molecule has 17 heavy (non-hydrogen) atoms. The molecule has 1 heterocycles. The Morgan fingerprint density at radius 2 is 2.18 bits per heavy atom. The number of nitrogens with zero attached hydrogens (tertiary/aromatic N) is 3. The van der Waals surface area contributed by atoms with E-state index in [1.54, 1.807) is 4.68 Å². The molecule has 0 fully saturated rings. The van der Waals surface area contributed by atoms with Crippen molar-refractivity contribution in [3.8, 4) is 0 Å². The number of hydrogen-bond donors (Lipinski definition) is 0. The third-order valence-electron chi connectivity index (χ3n) is 2.90. The van der Waals surface area contributed by atoms with Crippen molar-refractivity contribution < 1.29 is 9.53 Å². The molecule has 0 amide bonds. The number of ether oxygens (including phenoxy) is 1. The molecule has 0 saturated carbocycles.